The average Bonchev–Trinajstić information content (AvgIpc) is 2.61. The average molecular weight is 405 g/mol. The molecule has 0 unspecified atom stereocenters. The highest BCUT2D eigenvalue weighted by atomic mass is 31.2. The third-order valence-corrected chi connectivity index (χ3v) is 5.59. The van der Waals surface area contributed by atoms with Gasteiger partial charge in [-0.3, -0.25) is 18.8 Å². The van der Waals surface area contributed by atoms with Crippen molar-refractivity contribution in [2.75, 3.05) is 5.32 Å². The summed E-state index contributed by atoms with van der Waals surface area (Å²) in [5.41, 5.74) is 1.52. The minimum atomic E-state index is -3.71. The maximum Gasteiger partial charge on any atom is 0.406 e. The first-order chi connectivity index (χ1) is 13.3. The van der Waals surface area contributed by atoms with Gasteiger partial charge in [-0.05, 0) is 51.8 Å². The molecule has 1 aromatic heterocycles. The number of carbonyl (C=O) groups is 1. The Balaban J connectivity index is 2.25. The topological polar surface area (TPSA) is 89.5 Å². The number of aromatic nitrogens is 1. The molecule has 0 radical (unpaired) electrons. The van der Waals surface area contributed by atoms with Crippen LogP contribution in [0.2, 0.25) is 0 Å². The second-order valence-electron chi connectivity index (χ2n) is 6.90. The predicted molar refractivity (Wildman–Crippen MR) is 110 cm³/mol. The zero-order chi connectivity index (χ0) is 20.6. The molecule has 1 amide bonds. The Kier molecular flexibility index (Phi) is 8.33. The van der Waals surface area contributed by atoms with Crippen molar-refractivity contribution in [3.63, 3.8) is 0 Å². The lowest BCUT2D eigenvalue weighted by Gasteiger charge is -2.27. The van der Waals surface area contributed by atoms with Crippen LogP contribution in [0.4, 0.5) is 5.69 Å². The summed E-state index contributed by atoms with van der Waals surface area (Å²) in [7, 11) is -3.71. The van der Waals surface area contributed by atoms with Gasteiger partial charge in [0, 0.05) is 18.1 Å². The number of anilines is 1. The van der Waals surface area contributed by atoms with Gasteiger partial charge in [-0.2, -0.15) is 0 Å². The Morgan fingerprint density at radius 3 is 2.11 bits per heavy atom. The van der Waals surface area contributed by atoms with Crippen LogP contribution >= 0.6 is 7.75 Å². The summed E-state index contributed by atoms with van der Waals surface area (Å²) in [5.74, 6) is -0.338. The van der Waals surface area contributed by atoms with Crippen LogP contribution in [-0.4, -0.2) is 29.1 Å². The standard InChI is InChI=1S/C20H28N3O4P/c1-15(2)26-28(25,27-16(3)4)23-19(14-17-8-6-5-7-9-17)20(24)22-18-10-12-21-13-11-18/h5-13,15-16,19H,14H2,1-4H3,(H,23,25)(H,21,22,24)/t19-/m0/s1. The zero-order valence-electron chi connectivity index (χ0n) is 16.7. The van der Waals surface area contributed by atoms with Crippen LogP contribution in [0.1, 0.15) is 33.3 Å². The molecule has 2 rings (SSSR count). The van der Waals surface area contributed by atoms with Crippen molar-refractivity contribution >= 4 is 19.3 Å². The molecule has 7 nitrogen and oxygen atoms in total. The molecule has 2 N–H and O–H groups in total. The predicted octanol–water partition coefficient (Wildman–Crippen LogP) is 4.18. The molecule has 1 aromatic carbocycles. The molecule has 1 heterocycles. The van der Waals surface area contributed by atoms with E-state index in [1.807, 2.05) is 30.3 Å². The molecular weight excluding hydrogens is 377 g/mol. The molecule has 0 aliphatic heterocycles. The fourth-order valence-electron chi connectivity index (χ4n) is 2.54. The van der Waals surface area contributed by atoms with Crippen LogP contribution in [0.25, 0.3) is 0 Å². The number of pyridine rings is 1. The lowest BCUT2D eigenvalue weighted by atomic mass is 10.1. The maximum absolute atomic E-state index is 13.2. The summed E-state index contributed by atoms with van der Waals surface area (Å²) in [5, 5.41) is 5.66. The van der Waals surface area contributed by atoms with E-state index in [1.54, 1.807) is 52.2 Å². The summed E-state index contributed by atoms with van der Waals surface area (Å²) < 4.78 is 24.3. The van der Waals surface area contributed by atoms with E-state index in [-0.39, 0.29) is 18.1 Å². The van der Waals surface area contributed by atoms with E-state index in [4.69, 9.17) is 9.05 Å². The van der Waals surface area contributed by atoms with Crippen molar-refractivity contribution in [1.29, 1.82) is 0 Å². The second kappa shape index (κ2) is 10.5. The summed E-state index contributed by atoms with van der Waals surface area (Å²) >= 11 is 0. The minimum absolute atomic E-state index is 0.324. The summed E-state index contributed by atoms with van der Waals surface area (Å²) in [4.78, 5) is 16.9. The minimum Gasteiger partial charge on any atom is -0.325 e. The number of hydrogen-bond donors (Lipinski definition) is 2. The maximum atomic E-state index is 13.2. The largest absolute Gasteiger partial charge is 0.406 e. The molecule has 0 spiro atoms. The number of benzene rings is 1. The third kappa shape index (κ3) is 7.52. The first-order valence-corrected chi connectivity index (χ1v) is 10.8. The number of nitrogens with one attached hydrogen (secondary N) is 2. The van der Waals surface area contributed by atoms with Crippen LogP contribution in [0.3, 0.4) is 0 Å². The van der Waals surface area contributed by atoms with E-state index in [0.29, 0.717) is 12.1 Å². The normalized spacial score (nSPS) is 12.9. The first kappa shape index (κ1) is 22.2. The SMILES string of the molecule is CC(C)OP(=O)(N[C@@H](Cc1ccccc1)C(=O)Nc1ccncc1)OC(C)C. The molecule has 0 bridgehead atoms. The molecule has 0 saturated carbocycles. The fraction of sp³-hybridized carbons (Fsp3) is 0.400. The monoisotopic (exact) mass is 405 g/mol. The van der Waals surface area contributed by atoms with Gasteiger partial charge >= 0.3 is 7.75 Å². The highest BCUT2D eigenvalue weighted by Gasteiger charge is 2.34. The van der Waals surface area contributed by atoms with Gasteiger partial charge in [0.2, 0.25) is 5.91 Å². The van der Waals surface area contributed by atoms with Gasteiger partial charge in [0.05, 0.1) is 12.2 Å². The lowest BCUT2D eigenvalue weighted by Crippen LogP contribution is -2.41. The van der Waals surface area contributed by atoms with Gasteiger partial charge in [-0.25, -0.2) is 9.65 Å². The van der Waals surface area contributed by atoms with Crippen molar-refractivity contribution in [3.05, 3.63) is 60.4 Å². The molecule has 0 fully saturated rings. The number of nitrogens with zero attached hydrogens (tertiary/aromatic N) is 1. The highest BCUT2D eigenvalue weighted by molar-refractivity contribution is 7.51. The Labute approximate surface area is 166 Å². The smallest absolute Gasteiger partial charge is 0.325 e. The molecule has 8 heteroatoms. The molecule has 1 atom stereocenters. The van der Waals surface area contributed by atoms with E-state index in [2.05, 4.69) is 15.4 Å². The fourth-order valence-corrected chi connectivity index (χ4v) is 4.41. The first-order valence-electron chi connectivity index (χ1n) is 9.27. The third-order valence-electron chi connectivity index (χ3n) is 3.56. The highest BCUT2D eigenvalue weighted by Crippen LogP contribution is 2.47. The Morgan fingerprint density at radius 2 is 1.57 bits per heavy atom. The van der Waals surface area contributed by atoms with Gasteiger partial charge < -0.3 is 5.32 Å². The quantitative estimate of drug-likeness (QED) is 0.577. The zero-order valence-corrected chi connectivity index (χ0v) is 17.6. The second-order valence-corrected chi connectivity index (χ2v) is 8.58. The van der Waals surface area contributed by atoms with Crippen LogP contribution in [0.15, 0.2) is 54.9 Å². The van der Waals surface area contributed by atoms with E-state index in [0.717, 1.165) is 5.56 Å². The van der Waals surface area contributed by atoms with E-state index >= 15 is 0 Å². The molecular formula is C20H28N3O4P. The van der Waals surface area contributed by atoms with E-state index in [9.17, 15) is 9.36 Å². The molecule has 0 aliphatic carbocycles. The Hall–Kier alpha value is -2.05. The summed E-state index contributed by atoms with van der Waals surface area (Å²) in [6, 6.07) is 12.1. The Bertz CT molecular complexity index is 771. The Morgan fingerprint density at radius 1 is 1.00 bits per heavy atom. The lowest BCUT2D eigenvalue weighted by molar-refractivity contribution is -0.117. The number of rotatable bonds is 10. The summed E-state index contributed by atoms with van der Waals surface area (Å²) in [6.07, 6.45) is 2.83. The van der Waals surface area contributed by atoms with Crippen molar-refractivity contribution in [3.8, 4) is 0 Å². The van der Waals surface area contributed by atoms with Crippen molar-refractivity contribution in [2.45, 2.75) is 52.4 Å². The van der Waals surface area contributed by atoms with Crippen molar-refractivity contribution in [1.82, 2.24) is 10.1 Å². The molecule has 2 aromatic rings. The van der Waals surface area contributed by atoms with Gasteiger partial charge in [0.15, 0.2) is 0 Å². The molecule has 0 saturated heterocycles. The molecule has 152 valence electrons. The van der Waals surface area contributed by atoms with Gasteiger partial charge in [0.1, 0.15) is 6.04 Å². The number of hydrogen-bond acceptors (Lipinski definition) is 5. The molecule has 0 aliphatic rings. The van der Waals surface area contributed by atoms with Crippen LogP contribution in [0, 0.1) is 0 Å². The van der Waals surface area contributed by atoms with Crippen LogP contribution < -0.4 is 10.4 Å². The van der Waals surface area contributed by atoms with E-state index in [1.165, 1.54) is 0 Å². The van der Waals surface area contributed by atoms with E-state index < -0.39 is 13.8 Å². The molecule has 28 heavy (non-hydrogen) atoms. The van der Waals surface area contributed by atoms with Crippen molar-refractivity contribution < 1.29 is 18.4 Å². The summed E-state index contributed by atoms with van der Waals surface area (Å²) in [6.45, 7) is 7.06. The van der Waals surface area contributed by atoms with Gasteiger partial charge in [-0.15, -0.1) is 0 Å². The van der Waals surface area contributed by atoms with Crippen LogP contribution in [-0.2, 0) is 24.8 Å². The number of amides is 1. The van der Waals surface area contributed by atoms with Crippen LogP contribution in [0.5, 0.6) is 0 Å². The van der Waals surface area contributed by atoms with Gasteiger partial charge in [-0.1, -0.05) is 30.3 Å². The number of carbonyl (C=O) groups excluding carboxylic acids is 1. The van der Waals surface area contributed by atoms with Gasteiger partial charge in [0.25, 0.3) is 0 Å². The van der Waals surface area contributed by atoms with Crippen molar-refractivity contribution in [2.24, 2.45) is 0 Å².